The molecule has 4 heteroatoms. The fourth-order valence-corrected chi connectivity index (χ4v) is 5.98. The Labute approximate surface area is 151 Å². The standard InChI is InChI=1S/C19H22N3.Ir/c1-13-20-21-18(17-5-3-2-4-6-17)22(13)19-10-14-7-15(11-19)9-16(8-14)12-19;/h2-5,14-16H,7-12H2,1H3;/q-1;. The summed E-state index contributed by atoms with van der Waals surface area (Å²) in [5, 5.41) is 8.97. The maximum absolute atomic E-state index is 4.52. The molecule has 0 unspecified atom stereocenters. The van der Waals surface area contributed by atoms with E-state index in [-0.39, 0.29) is 25.6 Å². The van der Waals surface area contributed by atoms with Gasteiger partial charge in [0.1, 0.15) is 5.82 Å². The van der Waals surface area contributed by atoms with Crippen molar-refractivity contribution in [2.75, 3.05) is 0 Å². The number of benzene rings is 1. The fourth-order valence-electron chi connectivity index (χ4n) is 5.98. The van der Waals surface area contributed by atoms with E-state index in [1.807, 2.05) is 12.1 Å². The van der Waals surface area contributed by atoms with Crippen molar-refractivity contribution in [2.45, 2.75) is 51.0 Å². The summed E-state index contributed by atoms with van der Waals surface area (Å²) in [7, 11) is 0. The predicted molar refractivity (Wildman–Crippen MR) is 85.2 cm³/mol. The van der Waals surface area contributed by atoms with Crippen molar-refractivity contribution in [1.82, 2.24) is 14.8 Å². The summed E-state index contributed by atoms with van der Waals surface area (Å²) in [4.78, 5) is 0. The van der Waals surface area contributed by atoms with Crippen LogP contribution in [0.1, 0.15) is 44.3 Å². The third-order valence-corrected chi connectivity index (χ3v) is 6.26. The van der Waals surface area contributed by atoms with Crippen molar-refractivity contribution in [3.63, 3.8) is 0 Å². The van der Waals surface area contributed by atoms with Crippen molar-refractivity contribution in [3.8, 4) is 11.4 Å². The Morgan fingerprint density at radius 3 is 2.26 bits per heavy atom. The largest absolute Gasteiger partial charge is 0.346 e. The van der Waals surface area contributed by atoms with Crippen LogP contribution >= 0.6 is 0 Å². The van der Waals surface area contributed by atoms with Gasteiger partial charge in [0.15, 0.2) is 0 Å². The minimum absolute atomic E-state index is 0. The molecular weight excluding hydrogens is 462 g/mol. The zero-order valence-electron chi connectivity index (χ0n) is 13.5. The Kier molecular flexibility index (Phi) is 3.73. The summed E-state index contributed by atoms with van der Waals surface area (Å²) in [6.45, 7) is 2.12. The third kappa shape index (κ3) is 2.34. The van der Waals surface area contributed by atoms with E-state index in [1.165, 1.54) is 38.5 Å². The van der Waals surface area contributed by atoms with Crippen LogP contribution in [0.25, 0.3) is 11.4 Å². The summed E-state index contributed by atoms with van der Waals surface area (Å²) in [6.07, 6.45) is 8.39. The molecule has 0 N–H and O–H groups in total. The van der Waals surface area contributed by atoms with E-state index in [9.17, 15) is 0 Å². The molecule has 4 saturated carbocycles. The second-order valence-corrected chi connectivity index (χ2v) is 7.82. The molecule has 0 amide bonds. The number of rotatable bonds is 2. The van der Waals surface area contributed by atoms with Crippen molar-refractivity contribution in [1.29, 1.82) is 0 Å². The fraction of sp³-hybridized carbons (Fsp3) is 0.579. The van der Waals surface area contributed by atoms with Crippen LogP contribution in [0.2, 0.25) is 0 Å². The molecule has 6 rings (SSSR count). The molecule has 4 aliphatic carbocycles. The molecule has 0 atom stereocenters. The number of nitrogens with zero attached hydrogens (tertiary/aromatic N) is 3. The van der Waals surface area contributed by atoms with Crippen molar-refractivity contribution < 1.29 is 20.1 Å². The first kappa shape index (κ1) is 15.5. The van der Waals surface area contributed by atoms with Gasteiger partial charge in [-0.15, -0.1) is 41.0 Å². The van der Waals surface area contributed by atoms with Gasteiger partial charge in [-0.3, -0.25) is 0 Å². The molecule has 0 aliphatic heterocycles. The van der Waals surface area contributed by atoms with Gasteiger partial charge in [-0.2, -0.15) is 5.10 Å². The van der Waals surface area contributed by atoms with Gasteiger partial charge in [0.25, 0.3) is 0 Å². The van der Waals surface area contributed by atoms with Crippen LogP contribution in [-0.4, -0.2) is 14.8 Å². The van der Waals surface area contributed by atoms with Crippen LogP contribution in [0, 0.1) is 30.7 Å². The van der Waals surface area contributed by atoms with Gasteiger partial charge in [0.2, 0.25) is 0 Å². The number of aromatic nitrogens is 3. The summed E-state index contributed by atoms with van der Waals surface area (Å²) in [6, 6.07) is 11.5. The van der Waals surface area contributed by atoms with Gasteiger partial charge in [-0.05, 0) is 63.2 Å². The molecular formula is C19H22IrN3-. The van der Waals surface area contributed by atoms with Crippen molar-refractivity contribution >= 4 is 0 Å². The van der Waals surface area contributed by atoms with Gasteiger partial charge in [0.05, 0.1) is 5.82 Å². The molecule has 1 aromatic carbocycles. The topological polar surface area (TPSA) is 30.7 Å². The first-order valence-corrected chi connectivity index (χ1v) is 8.63. The van der Waals surface area contributed by atoms with Crippen LogP contribution in [0.15, 0.2) is 24.3 Å². The predicted octanol–water partition coefficient (Wildman–Crippen LogP) is 3.98. The molecule has 0 saturated heterocycles. The first-order chi connectivity index (χ1) is 10.7. The zero-order valence-corrected chi connectivity index (χ0v) is 15.9. The van der Waals surface area contributed by atoms with E-state index in [0.29, 0.717) is 0 Å². The third-order valence-electron chi connectivity index (χ3n) is 6.26. The van der Waals surface area contributed by atoms with Crippen LogP contribution in [0.5, 0.6) is 0 Å². The van der Waals surface area contributed by atoms with Crippen LogP contribution in [0.3, 0.4) is 0 Å². The maximum Gasteiger partial charge on any atom is 0.121 e. The quantitative estimate of drug-likeness (QED) is 0.604. The number of aryl methyl sites for hydroxylation is 1. The van der Waals surface area contributed by atoms with E-state index in [1.54, 1.807) is 0 Å². The molecule has 1 radical (unpaired) electrons. The molecule has 4 fully saturated rings. The Hall–Kier alpha value is -0.991. The minimum atomic E-state index is 0. The van der Waals surface area contributed by atoms with E-state index in [4.69, 9.17) is 0 Å². The smallest absolute Gasteiger partial charge is 0.121 e. The van der Waals surface area contributed by atoms with E-state index < -0.39 is 0 Å². The summed E-state index contributed by atoms with van der Waals surface area (Å²) in [5.74, 6) is 4.90. The second kappa shape index (κ2) is 5.53. The zero-order chi connectivity index (χ0) is 14.7. The normalized spacial score (nSPS) is 34.4. The molecule has 4 aliphatic rings. The Bertz CT molecular complexity index is 671. The van der Waals surface area contributed by atoms with Crippen LogP contribution in [0.4, 0.5) is 0 Å². The van der Waals surface area contributed by atoms with Crippen molar-refractivity contribution in [3.05, 3.63) is 36.2 Å². The summed E-state index contributed by atoms with van der Waals surface area (Å²) in [5.41, 5.74) is 1.36. The Balaban J connectivity index is 0.00000135. The molecule has 2 aromatic rings. The molecule has 123 valence electrons. The molecule has 23 heavy (non-hydrogen) atoms. The molecule has 3 nitrogen and oxygen atoms in total. The molecule has 4 bridgehead atoms. The number of hydrogen-bond acceptors (Lipinski definition) is 2. The number of hydrogen-bond donors (Lipinski definition) is 0. The average molecular weight is 485 g/mol. The molecule has 1 aromatic heterocycles. The first-order valence-electron chi connectivity index (χ1n) is 8.63. The van der Waals surface area contributed by atoms with Gasteiger partial charge < -0.3 is 4.57 Å². The van der Waals surface area contributed by atoms with Crippen molar-refractivity contribution in [2.24, 2.45) is 17.8 Å². The summed E-state index contributed by atoms with van der Waals surface area (Å²) >= 11 is 0. The van der Waals surface area contributed by atoms with E-state index in [2.05, 4.69) is 39.9 Å². The molecule has 1 heterocycles. The van der Waals surface area contributed by atoms with Gasteiger partial charge in [-0.1, -0.05) is 0 Å². The SMILES string of the molecule is Cc1nnc(-c2[c-]cccc2)n1C12CC3CC(CC(C3)C1)C2.[Ir]. The van der Waals surface area contributed by atoms with Gasteiger partial charge >= 0.3 is 0 Å². The molecule has 0 spiro atoms. The van der Waals surface area contributed by atoms with E-state index in [0.717, 1.165) is 35.0 Å². The van der Waals surface area contributed by atoms with Gasteiger partial charge in [-0.25, -0.2) is 0 Å². The maximum atomic E-state index is 4.52. The van der Waals surface area contributed by atoms with Crippen LogP contribution < -0.4 is 0 Å². The second-order valence-electron chi connectivity index (χ2n) is 7.82. The van der Waals surface area contributed by atoms with Gasteiger partial charge in [0, 0.05) is 25.6 Å². The Morgan fingerprint density at radius 1 is 1.04 bits per heavy atom. The average Bonchev–Trinajstić information content (AvgIpc) is 2.89. The van der Waals surface area contributed by atoms with Crippen LogP contribution in [-0.2, 0) is 25.6 Å². The Morgan fingerprint density at radius 2 is 1.70 bits per heavy atom. The van der Waals surface area contributed by atoms with E-state index >= 15 is 0 Å². The monoisotopic (exact) mass is 485 g/mol. The minimum Gasteiger partial charge on any atom is -0.346 e. The summed E-state index contributed by atoms with van der Waals surface area (Å²) < 4.78 is 2.49.